The van der Waals surface area contributed by atoms with Gasteiger partial charge in [-0.15, -0.1) is 0 Å². The molecule has 1 aromatic heterocycles. The smallest absolute Gasteiger partial charge is 0.0825 e. The number of aryl methyl sites for hydroxylation is 2. The SMILES string of the molecule is Cc1nn(C)cc1NC1CCCCCC1O. The van der Waals surface area contributed by atoms with Gasteiger partial charge in [0.25, 0.3) is 0 Å². The molecule has 0 aliphatic heterocycles. The maximum Gasteiger partial charge on any atom is 0.0825 e. The highest BCUT2D eigenvalue weighted by atomic mass is 16.3. The molecule has 2 rings (SSSR count). The third kappa shape index (κ3) is 2.55. The van der Waals surface area contributed by atoms with Gasteiger partial charge in [0.2, 0.25) is 0 Å². The molecule has 0 amide bonds. The first-order valence-corrected chi connectivity index (χ1v) is 6.11. The van der Waals surface area contributed by atoms with E-state index in [9.17, 15) is 5.11 Å². The van der Waals surface area contributed by atoms with Gasteiger partial charge in [0.05, 0.1) is 23.5 Å². The fourth-order valence-corrected chi connectivity index (χ4v) is 2.40. The predicted octanol–water partition coefficient (Wildman–Crippen LogP) is 1.83. The summed E-state index contributed by atoms with van der Waals surface area (Å²) in [4.78, 5) is 0. The van der Waals surface area contributed by atoms with Crippen LogP contribution in [-0.2, 0) is 7.05 Å². The Morgan fingerprint density at radius 1 is 1.38 bits per heavy atom. The lowest BCUT2D eigenvalue weighted by atomic mass is 10.1. The molecule has 1 aliphatic rings. The van der Waals surface area contributed by atoms with E-state index in [0.717, 1.165) is 30.6 Å². The minimum atomic E-state index is -0.220. The highest BCUT2D eigenvalue weighted by molar-refractivity contribution is 5.46. The molecule has 16 heavy (non-hydrogen) atoms. The van der Waals surface area contributed by atoms with Gasteiger partial charge in [0, 0.05) is 13.2 Å². The van der Waals surface area contributed by atoms with E-state index in [1.807, 2.05) is 20.2 Å². The van der Waals surface area contributed by atoms with Crippen LogP contribution in [-0.4, -0.2) is 27.0 Å². The quantitative estimate of drug-likeness (QED) is 0.752. The molecule has 0 radical (unpaired) electrons. The molecule has 1 saturated carbocycles. The maximum atomic E-state index is 10.0. The normalized spacial score (nSPS) is 26.4. The second-order valence-corrected chi connectivity index (χ2v) is 4.76. The van der Waals surface area contributed by atoms with Crippen molar-refractivity contribution in [1.29, 1.82) is 0 Å². The van der Waals surface area contributed by atoms with E-state index >= 15 is 0 Å². The first kappa shape index (κ1) is 11.5. The molecule has 4 nitrogen and oxygen atoms in total. The van der Waals surface area contributed by atoms with Crippen LogP contribution >= 0.6 is 0 Å². The van der Waals surface area contributed by atoms with Gasteiger partial charge in [0.1, 0.15) is 0 Å². The van der Waals surface area contributed by atoms with E-state index in [4.69, 9.17) is 0 Å². The molecule has 2 unspecified atom stereocenters. The van der Waals surface area contributed by atoms with Gasteiger partial charge in [-0.2, -0.15) is 5.10 Å². The Morgan fingerprint density at radius 3 is 2.81 bits per heavy atom. The summed E-state index contributed by atoms with van der Waals surface area (Å²) < 4.78 is 1.81. The first-order chi connectivity index (χ1) is 7.66. The van der Waals surface area contributed by atoms with E-state index in [1.54, 1.807) is 4.68 Å². The molecule has 4 heteroatoms. The molecule has 90 valence electrons. The largest absolute Gasteiger partial charge is 0.391 e. The van der Waals surface area contributed by atoms with Crippen molar-refractivity contribution >= 4 is 5.69 Å². The van der Waals surface area contributed by atoms with Crippen LogP contribution in [0.25, 0.3) is 0 Å². The molecule has 2 atom stereocenters. The maximum absolute atomic E-state index is 10.0. The van der Waals surface area contributed by atoms with Crippen molar-refractivity contribution in [3.05, 3.63) is 11.9 Å². The number of hydrogen-bond acceptors (Lipinski definition) is 3. The zero-order chi connectivity index (χ0) is 11.5. The fraction of sp³-hybridized carbons (Fsp3) is 0.750. The van der Waals surface area contributed by atoms with Gasteiger partial charge >= 0.3 is 0 Å². The van der Waals surface area contributed by atoms with Gasteiger partial charge in [0.15, 0.2) is 0 Å². The lowest BCUT2D eigenvalue weighted by Gasteiger charge is -2.22. The summed E-state index contributed by atoms with van der Waals surface area (Å²) in [6, 6.07) is 0.186. The van der Waals surface area contributed by atoms with Crippen molar-refractivity contribution in [2.75, 3.05) is 5.32 Å². The summed E-state index contributed by atoms with van der Waals surface area (Å²) in [7, 11) is 1.92. The third-order valence-corrected chi connectivity index (χ3v) is 3.33. The second kappa shape index (κ2) is 4.87. The van der Waals surface area contributed by atoms with Crippen LogP contribution in [0.5, 0.6) is 0 Å². The van der Waals surface area contributed by atoms with Crippen LogP contribution in [0.15, 0.2) is 6.20 Å². The Kier molecular flexibility index (Phi) is 3.49. The Bertz CT molecular complexity index is 348. The molecule has 0 bridgehead atoms. The molecule has 0 aromatic carbocycles. The Labute approximate surface area is 96.7 Å². The van der Waals surface area contributed by atoms with E-state index in [1.165, 1.54) is 12.8 Å². The zero-order valence-electron chi connectivity index (χ0n) is 10.1. The molecule has 1 fully saturated rings. The first-order valence-electron chi connectivity index (χ1n) is 6.11. The van der Waals surface area contributed by atoms with Crippen LogP contribution in [0.4, 0.5) is 5.69 Å². The Balaban J connectivity index is 2.04. The third-order valence-electron chi connectivity index (χ3n) is 3.33. The van der Waals surface area contributed by atoms with Crippen LogP contribution < -0.4 is 5.32 Å². The summed E-state index contributed by atoms with van der Waals surface area (Å²) in [5.74, 6) is 0. The number of nitrogens with zero attached hydrogens (tertiary/aromatic N) is 2. The van der Waals surface area contributed by atoms with Crippen molar-refractivity contribution in [1.82, 2.24) is 9.78 Å². The van der Waals surface area contributed by atoms with Crippen LogP contribution in [0.1, 0.15) is 37.8 Å². The molecular formula is C12H21N3O. The average molecular weight is 223 g/mol. The van der Waals surface area contributed by atoms with Crippen molar-refractivity contribution in [2.45, 2.75) is 51.2 Å². The lowest BCUT2D eigenvalue weighted by Crippen LogP contribution is -2.32. The number of anilines is 1. The van der Waals surface area contributed by atoms with Gasteiger partial charge in [-0.1, -0.05) is 19.3 Å². The monoisotopic (exact) mass is 223 g/mol. The van der Waals surface area contributed by atoms with Gasteiger partial charge in [-0.25, -0.2) is 0 Å². The van der Waals surface area contributed by atoms with Crippen molar-refractivity contribution in [3.63, 3.8) is 0 Å². The molecule has 1 aliphatic carbocycles. The number of hydrogen-bond donors (Lipinski definition) is 2. The molecule has 0 saturated heterocycles. The van der Waals surface area contributed by atoms with Crippen LogP contribution in [0, 0.1) is 6.92 Å². The van der Waals surface area contributed by atoms with Crippen molar-refractivity contribution < 1.29 is 5.11 Å². The van der Waals surface area contributed by atoms with Crippen LogP contribution in [0.2, 0.25) is 0 Å². The van der Waals surface area contributed by atoms with Gasteiger partial charge in [-0.05, 0) is 19.8 Å². The summed E-state index contributed by atoms with van der Waals surface area (Å²) in [5.41, 5.74) is 2.05. The van der Waals surface area contributed by atoms with Crippen molar-refractivity contribution in [2.24, 2.45) is 7.05 Å². The minimum Gasteiger partial charge on any atom is -0.391 e. The summed E-state index contributed by atoms with van der Waals surface area (Å²) in [5, 5.41) is 17.7. The number of aromatic nitrogens is 2. The summed E-state index contributed by atoms with van der Waals surface area (Å²) in [6.45, 7) is 1.99. The van der Waals surface area contributed by atoms with Gasteiger partial charge in [-0.3, -0.25) is 4.68 Å². The predicted molar refractivity (Wildman–Crippen MR) is 64.4 cm³/mol. The second-order valence-electron chi connectivity index (χ2n) is 4.76. The van der Waals surface area contributed by atoms with E-state index in [0.29, 0.717) is 0 Å². The number of nitrogens with one attached hydrogen (secondary N) is 1. The lowest BCUT2D eigenvalue weighted by molar-refractivity contribution is 0.144. The van der Waals surface area contributed by atoms with Crippen molar-refractivity contribution in [3.8, 4) is 0 Å². The van der Waals surface area contributed by atoms with Gasteiger partial charge < -0.3 is 10.4 Å². The number of aliphatic hydroxyl groups is 1. The number of rotatable bonds is 2. The molecule has 2 N–H and O–H groups in total. The molecular weight excluding hydrogens is 202 g/mol. The van der Waals surface area contributed by atoms with Crippen LogP contribution in [0.3, 0.4) is 0 Å². The molecule has 0 spiro atoms. The Hall–Kier alpha value is -1.03. The van der Waals surface area contributed by atoms with E-state index in [-0.39, 0.29) is 12.1 Å². The standard InChI is InChI=1S/C12H21N3O/c1-9-11(8-15(2)14-9)13-10-6-4-3-5-7-12(10)16/h8,10,12-13,16H,3-7H2,1-2H3. The average Bonchev–Trinajstić information content (AvgIpc) is 2.43. The number of aliphatic hydroxyl groups excluding tert-OH is 1. The Morgan fingerprint density at radius 2 is 2.12 bits per heavy atom. The topological polar surface area (TPSA) is 50.1 Å². The minimum absolute atomic E-state index is 0.186. The highest BCUT2D eigenvalue weighted by Gasteiger charge is 2.22. The van der Waals surface area contributed by atoms with E-state index < -0.39 is 0 Å². The molecule has 1 aromatic rings. The zero-order valence-corrected chi connectivity index (χ0v) is 10.1. The molecule has 1 heterocycles. The summed E-state index contributed by atoms with van der Waals surface area (Å²) >= 11 is 0. The van der Waals surface area contributed by atoms with E-state index in [2.05, 4.69) is 10.4 Å². The fourth-order valence-electron chi connectivity index (χ4n) is 2.40. The summed E-state index contributed by atoms with van der Waals surface area (Å²) in [6.07, 6.45) is 7.31. The highest BCUT2D eigenvalue weighted by Crippen LogP contribution is 2.22.